The van der Waals surface area contributed by atoms with Crippen molar-refractivity contribution >= 4 is 12.0 Å². The highest BCUT2D eigenvalue weighted by atomic mass is 16.4. The molecule has 0 aromatic heterocycles. The smallest absolute Gasteiger partial charge is 0.315 e. The molecule has 0 bridgehead atoms. The summed E-state index contributed by atoms with van der Waals surface area (Å²) in [6, 6.07) is 0.00113. The molecule has 2 atom stereocenters. The van der Waals surface area contributed by atoms with Crippen LogP contribution in [0.2, 0.25) is 0 Å². The normalized spacial score (nSPS) is 21.0. The Morgan fingerprint density at radius 2 is 2.10 bits per heavy atom. The Hall–Kier alpha value is -1.30. The maximum absolute atomic E-state index is 11.9. The Labute approximate surface area is 127 Å². The van der Waals surface area contributed by atoms with Gasteiger partial charge in [-0.2, -0.15) is 0 Å². The SMILES string of the molecule is CC(C)CC(CNC(=O)NC1CCCN(C)C1)CC(=O)O. The fourth-order valence-corrected chi connectivity index (χ4v) is 2.91. The summed E-state index contributed by atoms with van der Waals surface area (Å²) in [7, 11) is 2.05. The summed E-state index contributed by atoms with van der Waals surface area (Å²) < 4.78 is 0. The van der Waals surface area contributed by atoms with Crippen LogP contribution in [0.25, 0.3) is 0 Å². The quantitative estimate of drug-likeness (QED) is 0.665. The van der Waals surface area contributed by atoms with E-state index in [1.165, 1.54) is 0 Å². The van der Waals surface area contributed by atoms with Crippen LogP contribution in [-0.2, 0) is 4.79 Å². The van der Waals surface area contributed by atoms with Crippen LogP contribution in [0.1, 0.15) is 39.5 Å². The Morgan fingerprint density at radius 1 is 1.38 bits per heavy atom. The third kappa shape index (κ3) is 7.90. The number of urea groups is 1. The average molecular weight is 299 g/mol. The molecule has 1 aliphatic heterocycles. The molecule has 122 valence electrons. The van der Waals surface area contributed by atoms with E-state index in [4.69, 9.17) is 5.11 Å². The summed E-state index contributed by atoms with van der Waals surface area (Å²) >= 11 is 0. The molecule has 3 N–H and O–H groups in total. The summed E-state index contributed by atoms with van der Waals surface area (Å²) in [6.45, 7) is 6.49. The van der Waals surface area contributed by atoms with E-state index in [-0.39, 0.29) is 24.4 Å². The summed E-state index contributed by atoms with van der Waals surface area (Å²) in [4.78, 5) is 25.0. The first kappa shape index (κ1) is 17.8. The average Bonchev–Trinajstić information content (AvgIpc) is 2.34. The third-order valence-corrected chi connectivity index (χ3v) is 3.78. The van der Waals surface area contributed by atoms with Crippen molar-refractivity contribution in [1.29, 1.82) is 0 Å². The van der Waals surface area contributed by atoms with Crippen LogP contribution in [0.3, 0.4) is 0 Å². The van der Waals surface area contributed by atoms with Gasteiger partial charge in [0.25, 0.3) is 0 Å². The third-order valence-electron chi connectivity index (χ3n) is 3.78. The van der Waals surface area contributed by atoms with Crippen LogP contribution >= 0.6 is 0 Å². The van der Waals surface area contributed by atoms with Gasteiger partial charge in [-0.3, -0.25) is 4.79 Å². The van der Waals surface area contributed by atoms with Crippen LogP contribution in [0.15, 0.2) is 0 Å². The van der Waals surface area contributed by atoms with Crippen LogP contribution in [0, 0.1) is 11.8 Å². The molecule has 2 unspecified atom stereocenters. The summed E-state index contributed by atoms with van der Waals surface area (Å²) in [5.41, 5.74) is 0. The maximum Gasteiger partial charge on any atom is 0.315 e. The summed E-state index contributed by atoms with van der Waals surface area (Å²) in [6.07, 6.45) is 3.00. The number of rotatable bonds is 7. The van der Waals surface area contributed by atoms with Gasteiger partial charge in [0.05, 0.1) is 0 Å². The zero-order valence-electron chi connectivity index (χ0n) is 13.4. The standard InChI is InChI=1S/C15H29N3O3/c1-11(2)7-12(8-14(19)20)9-16-15(21)17-13-5-4-6-18(3)10-13/h11-13H,4-10H2,1-3H3,(H,19,20)(H2,16,17,21). The molecule has 1 fully saturated rings. The van der Waals surface area contributed by atoms with E-state index in [9.17, 15) is 9.59 Å². The first-order valence-corrected chi connectivity index (χ1v) is 7.81. The van der Waals surface area contributed by atoms with Gasteiger partial charge in [-0.05, 0) is 44.7 Å². The van der Waals surface area contributed by atoms with Crippen LogP contribution < -0.4 is 10.6 Å². The lowest BCUT2D eigenvalue weighted by Crippen LogP contribution is -2.50. The second-order valence-corrected chi connectivity index (χ2v) is 6.55. The lowest BCUT2D eigenvalue weighted by Gasteiger charge is -2.30. The Bertz CT molecular complexity index is 347. The van der Waals surface area contributed by atoms with Gasteiger partial charge in [-0.25, -0.2) is 4.79 Å². The molecule has 0 aromatic rings. The van der Waals surface area contributed by atoms with E-state index >= 15 is 0 Å². The number of piperidine rings is 1. The monoisotopic (exact) mass is 299 g/mol. The number of carbonyl (C=O) groups excluding carboxylic acids is 1. The van der Waals surface area contributed by atoms with E-state index < -0.39 is 5.97 Å². The van der Waals surface area contributed by atoms with Crippen molar-refractivity contribution in [3.63, 3.8) is 0 Å². The molecule has 2 amide bonds. The molecule has 0 spiro atoms. The van der Waals surface area contributed by atoms with Crippen molar-refractivity contribution in [1.82, 2.24) is 15.5 Å². The number of hydrogen-bond acceptors (Lipinski definition) is 3. The molecule has 1 heterocycles. The number of likely N-dealkylation sites (N-methyl/N-ethyl adjacent to an activating group) is 1. The van der Waals surface area contributed by atoms with Gasteiger partial charge in [0.1, 0.15) is 0 Å². The zero-order chi connectivity index (χ0) is 15.8. The highest BCUT2D eigenvalue weighted by Gasteiger charge is 2.20. The predicted molar refractivity (Wildman–Crippen MR) is 82.3 cm³/mol. The number of carboxylic acid groups (broad SMARTS) is 1. The first-order chi connectivity index (χ1) is 9.86. The van der Waals surface area contributed by atoms with Crippen molar-refractivity contribution in [3.05, 3.63) is 0 Å². The first-order valence-electron chi connectivity index (χ1n) is 7.81. The van der Waals surface area contributed by atoms with Crippen LogP contribution in [0.4, 0.5) is 4.79 Å². The molecular formula is C15H29N3O3. The molecule has 1 saturated heterocycles. The lowest BCUT2D eigenvalue weighted by atomic mass is 9.94. The Kier molecular flexibility index (Phi) is 7.50. The van der Waals surface area contributed by atoms with Gasteiger partial charge in [-0.1, -0.05) is 13.8 Å². The summed E-state index contributed by atoms with van der Waals surface area (Å²) in [5.74, 6) is -0.398. The molecule has 1 aliphatic rings. The van der Waals surface area contributed by atoms with Crippen molar-refractivity contribution < 1.29 is 14.7 Å². The van der Waals surface area contributed by atoms with E-state index in [2.05, 4.69) is 36.4 Å². The fraction of sp³-hybridized carbons (Fsp3) is 0.867. The van der Waals surface area contributed by atoms with Crippen molar-refractivity contribution in [3.8, 4) is 0 Å². The van der Waals surface area contributed by atoms with Gasteiger partial charge in [0.15, 0.2) is 0 Å². The number of carboxylic acids is 1. The number of carbonyl (C=O) groups is 2. The highest BCUT2D eigenvalue weighted by molar-refractivity contribution is 5.74. The van der Waals surface area contributed by atoms with Gasteiger partial charge in [0, 0.05) is 25.6 Å². The molecule has 0 radical (unpaired) electrons. The molecule has 0 saturated carbocycles. The van der Waals surface area contributed by atoms with Gasteiger partial charge in [-0.15, -0.1) is 0 Å². The summed E-state index contributed by atoms with van der Waals surface area (Å²) in [5, 5.41) is 14.7. The van der Waals surface area contributed by atoms with Crippen molar-refractivity contribution in [2.24, 2.45) is 11.8 Å². The van der Waals surface area contributed by atoms with E-state index in [1.807, 2.05) is 0 Å². The minimum Gasteiger partial charge on any atom is -0.481 e. The van der Waals surface area contributed by atoms with E-state index in [0.717, 1.165) is 32.4 Å². The predicted octanol–water partition coefficient (Wildman–Crippen LogP) is 1.52. The van der Waals surface area contributed by atoms with Crippen molar-refractivity contribution in [2.75, 3.05) is 26.7 Å². The second kappa shape index (κ2) is 8.87. The molecule has 1 rings (SSSR count). The fourth-order valence-electron chi connectivity index (χ4n) is 2.91. The largest absolute Gasteiger partial charge is 0.481 e. The Morgan fingerprint density at radius 3 is 2.67 bits per heavy atom. The number of amides is 2. The molecule has 0 aliphatic carbocycles. The lowest BCUT2D eigenvalue weighted by molar-refractivity contribution is -0.138. The van der Waals surface area contributed by atoms with Crippen molar-refractivity contribution in [2.45, 2.75) is 45.6 Å². The number of nitrogens with one attached hydrogen (secondary N) is 2. The zero-order valence-corrected chi connectivity index (χ0v) is 13.4. The van der Waals surface area contributed by atoms with Gasteiger partial charge < -0.3 is 20.6 Å². The maximum atomic E-state index is 11.9. The number of likely N-dealkylation sites (tertiary alicyclic amines) is 1. The van der Waals surface area contributed by atoms with Gasteiger partial charge >= 0.3 is 12.0 Å². The molecule has 0 aromatic carbocycles. The second-order valence-electron chi connectivity index (χ2n) is 6.55. The minimum absolute atomic E-state index is 0.0118. The van der Waals surface area contributed by atoms with E-state index in [0.29, 0.717) is 12.5 Å². The van der Waals surface area contributed by atoms with Crippen LogP contribution in [-0.4, -0.2) is 54.7 Å². The van der Waals surface area contributed by atoms with Crippen LogP contribution in [0.5, 0.6) is 0 Å². The number of hydrogen-bond donors (Lipinski definition) is 3. The van der Waals surface area contributed by atoms with E-state index in [1.54, 1.807) is 0 Å². The number of nitrogens with zero attached hydrogens (tertiary/aromatic N) is 1. The molecule has 6 nitrogen and oxygen atoms in total. The number of aliphatic carboxylic acids is 1. The molecular weight excluding hydrogens is 270 g/mol. The minimum atomic E-state index is -0.809. The molecule has 21 heavy (non-hydrogen) atoms. The molecule has 6 heteroatoms. The Balaban J connectivity index is 2.32. The van der Waals surface area contributed by atoms with Gasteiger partial charge in [0.2, 0.25) is 0 Å². The highest BCUT2D eigenvalue weighted by Crippen LogP contribution is 2.14. The topological polar surface area (TPSA) is 81.7 Å².